The highest BCUT2D eigenvalue weighted by Crippen LogP contribution is 2.33. The molecule has 0 amide bonds. The van der Waals surface area contributed by atoms with Gasteiger partial charge in [-0.25, -0.2) is 0 Å². The van der Waals surface area contributed by atoms with Crippen LogP contribution in [0.25, 0.3) is 22.2 Å². The molecule has 3 heteroatoms. The molecular weight excluding hydrogens is 286 g/mol. The number of carbonyl (C=O) groups is 1. The summed E-state index contributed by atoms with van der Waals surface area (Å²) in [5, 5.41) is 0.903. The molecule has 0 fully saturated rings. The molecule has 1 N–H and O–H groups in total. The molecule has 0 aliphatic rings. The van der Waals surface area contributed by atoms with Crippen molar-refractivity contribution < 1.29 is 9.53 Å². The third kappa shape index (κ3) is 2.74. The third-order valence-electron chi connectivity index (χ3n) is 4.22. The molecule has 0 bridgehead atoms. The fourth-order valence-corrected chi connectivity index (χ4v) is 2.91. The molecule has 118 valence electrons. The number of H-pyrrole nitrogens is 1. The zero-order valence-corrected chi connectivity index (χ0v) is 13.9. The molecule has 3 aromatic rings. The van der Waals surface area contributed by atoms with Crippen LogP contribution < -0.4 is 4.74 Å². The number of ether oxygens (including phenoxy) is 1. The third-order valence-corrected chi connectivity index (χ3v) is 4.22. The zero-order chi connectivity index (χ0) is 16.6. The van der Waals surface area contributed by atoms with E-state index in [1.807, 2.05) is 18.2 Å². The molecule has 1 aromatic heterocycles. The van der Waals surface area contributed by atoms with Crippen molar-refractivity contribution in [2.45, 2.75) is 26.7 Å². The lowest BCUT2D eigenvalue weighted by Gasteiger charge is -2.07. The van der Waals surface area contributed by atoms with Gasteiger partial charge in [0.05, 0.1) is 18.4 Å². The summed E-state index contributed by atoms with van der Waals surface area (Å²) < 4.78 is 5.29. The van der Waals surface area contributed by atoms with E-state index in [2.05, 4.69) is 43.1 Å². The van der Waals surface area contributed by atoms with Crippen molar-refractivity contribution in [1.29, 1.82) is 0 Å². The van der Waals surface area contributed by atoms with Crippen LogP contribution in [0.3, 0.4) is 0 Å². The first-order valence-corrected chi connectivity index (χ1v) is 7.82. The number of fused-ring (bicyclic) bond motifs is 1. The summed E-state index contributed by atoms with van der Waals surface area (Å²) in [5.41, 5.74) is 4.84. The molecule has 0 radical (unpaired) electrons. The fourth-order valence-electron chi connectivity index (χ4n) is 2.91. The summed E-state index contributed by atoms with van der Waals surface area (Å²) in [4.78, 5) is 15.6. The van der Waals surface area contributed by atoms with Crippen LogP contribution in [0.1, 0.15) is 42.6 Å². The van der Waals surface area contributed by atoms with Gasteiger partial charge in [-0.1, -0.05) is 38.1 Å². The van der Waals surface area contributed by atoms with Gasteiger partial charge in [-0.3, -0.25) is 4.79 Å². The summed E-state index contributed by atoms with van der Waals surface area (Å²) in [5.74, 6) is 1.29. The van der Waals surface area contributed by atoms with Crippen LogP contribution in [0, 0.1) is 0 Å². The SMILES string of the molecule is COc1ccc2[nH]c(-c3ccc(C(C)C)cc3)c(C(C)=O)c2c1. The van der Waals surface area contributed by atoms with Crippen molar-refractivity contribution in [3.63, 3.8) is 0 Å². The number of nitrogens with one attached hydrogen (secondary N) is 1. The topological polar surface area (TPSA) is 42.1 Å². The van der Waals surface area contributed by atoms with Crippen LogP contribution in [0.5, 0.6) is 5.75 Å². The Kier molecular flexibility index (Phi) is 3.95. The molecule has 0 unspecified atom stereocenters. The first kappa shape index (κ1) is 15.3. The van der Waals surface area contributed by atoms with Crippen LogP contribution in [0.4, 0.5) is 0 Å². The monoisotopic (exact) mass is 307 g/mol. The van der Waals surface area contributed by atoms with Crippen molar-refractivity contribution in [3.05, 3.63) is 53.6 Å². The van der Waals surface area contributed by atoms with Crippen molar-refractivity contribution in [3.8, 4) is 17.0 Å². The van der Waals surface area contributed by atoms with E-state index >= 15 is 0 Å². The minimum Gasteiger partial charge on any atom is -0.497 e. The van der Waals surface area contributed by atoms with Gasteiger partial charge in [0.1, 0.15) is 5.75 Å². The minimum absolute atomic E-state index is 0.0486. The summed E-state index contributed by atoms with van der Waals surface area (Å²) in [7, 11) is 1.63. The molecule has 0 aliphatic carbocycles. The van der Waals surface area contributed by atoms with Gasteiger partial charge < -0.3 is 9.72 Å². The van der Waals surface area contributed by atoms with Gasteiger partial charge in [-0.05, 0) is 42.2 Å². The molecule has 3 nitrogen and oxygen atoms in total. The molecule has 23 heavy (non-hydrogen) atoms. The second-order valence-electron chi connectivity index (χ2n) is 6.12. The molecule has 0 saturated carbocycles. The summed E-state index contributed by atoms with van der Waals surface area (Å²) in [6.45, 7) is 5.95. The van der Waals surface area contributed by atoms with E-state index in [0.717, 1.165) is 33.5 Å². The maximum atomic E-state index is 12.2. The lowest BCUT2D eigenvalue weighted by Crippen LogP contribution is -1.95. The average molecular weight is 307 g/mol. The Hall–Kier alpha value is -2.55. The van der Waals surface area contributed by atoms with E-state index in [4.69, 9.17) is 4.74 Å². The number of carbonyl (C=O) groups excluding carboxylic acids is 1. The standard InChI is InChI=1S/C20H21NO2/c1-12(2)14-5-7-15(8-6-14)20-19(13(3)22)17-11-16(23-4)9-10-18(17)21-20/h5-12,21H,1-4H3. The molecule has 0 spiro atoms. The van der Waals surface area contributed by atoms with Crippen LogP contribution in [0.15, 0.2) is 42.5 Å². The highest BCUT2D eigenvalue weighted by Gasteiger charge is 2.17. The maximum absolute atomic E-state index is 12.2. The van der Waals surface area contributed by atoms with Gasteiger partial charge in [0.25, 0.3) is 0 Å². The predicted molar refractivity (Wildman–Crippen MR) is 94.4 cm³/mol. The average Bonchev–Trinajstić information content (AvgIpc) is 2.93. The number of hydrogen-bond acceptors (Lipinski definition) is 2. The van der Waals surface area contributed by atoms with Gasteiger partial charge >= 0.3 is 0 Å². The van der Waals surface area contributed by atoms with Gasteiger partial charge in [-0.2, -0.15) is 0 Å². The Labute approximate surface area is 136 Å². The van der Waals surface area contributed by atoms with Gasteiger partial charge in [0.2, 0.25) is 0 Å². The second-order valence-corrected chi connectivity index (χ2v) is 6.12. The first-order valence-electron chi connectivity index (χ1n) is 7.82. The van der Waals surface area contributed by atoms with Crippen molar-refractivity contribution >= 4 is 16.7 Å². The van der Waals surface area contributed by atoms with Crippen molar-refractivity contribution in [1.82, 2.24) is 4.98 Å². The normalized spacial score (nSPS) is 11.2. The summed E-state index contributed by atoms with van der Waals surface area (Å²) in [6, 6.07) is 14.1. The number of rotatable bonds is 4. The largest absolute Gasteiger partial charge is 0.497 e. The minimum atomic E-state index is 0.0486. The predicted octanol–water partition coefficient (Wildman–Crippen LogP) is 5.17. The Morgan fingerprint density at radius 3 is 2.35 bits per heavy atom. The Morgan fingerprint density at radius 2 is 1.78 bits per heavy atom. The lowest BCUT2D eigenvalue weighted by molar-refractivity contribution is 0.102. The number of methoxy groups -OCH3 is 1. The number of Topliss-reactive ketones (excluding diaryl/α,β-unsaturated/α-hetero) is 1. The van der Waals surface area contributed by atoms with E-state index in [1.165, 1.54) is 5.56 Å². The Morgan fingerprint density at radius 1 is 1.09 bits per heavy atom. The molecule has 2 aromatic carbocycles. The summed E-state index contributed by atoms with van der Waals surface area (Å²) >= 11 is 0. The highest BCUT2D eigenvalue weighted by atomic mass is 16.5. The van der Waals surface area contributed by atoms with E-state index in [9.17, 15) is 4.79 Å². The molecular formula is C20H21NO2. The highest BCUT2D eigenvalue weighted by molar-refractivity contribution is 6.12. The van der Waals surface area contributed by atoms with Crippen LogP contribution in [-0.2, 0) is 0 Å². The molecule has 3 rings (SSSR count). The van der Waals surface area contributed by atoms with Crippen LogP contribution in [0.2, 0.25) is 0 Å². The Bertz CT molecular complexity index is 857. The number of aromatic nitrogens is 1. The van der Waals surface area contributed by atoms with Crippen LogP contribution >= 0.6 is 0 Å². The van der Waals surface area contributed by atoms with Crippen molar-refractivity contribution in [2.24, 2.45) is 0 Å². The first-order chi connectivity index (χ1) is 11.0. The molecule has 0 aliphatic heterocycles. The van der Waals surface area contributed by atoms with E-state index in [0.29, 0.717) is 5.92 Å². The zero-order valence-electron chi connectivity index (χ0n) is 13.9. The molecule has 0 saturated heterocycles. The number of benzene rings is 2. The van der Waals surface area contributed by atoms with E-state index < -0.39 is 0 Å². The smallest absolute Gasteiger partial charge is 0.162 e. The second kappa shape index (κ2) is 5.92. The quantitative estimate of drug-likeness (QED) is 0.676. The van der Waals surface area contributed by atoms with E-state index in [-0.39, 0.29) is 5.78 Å². The van der Waals surface area contributed by atoms with Gasteiger partial charge in [0, 0.05) is 10.9 Å². The number of hydrogen-bond donors (Lipinski definition) is 1. The number of aromatic amines is 1. The fraction of sp³-hybridized carbons (Fsp3) is 0.250. The lowest BCUT2D eigenvalue weighted by atomic mass is 9.98. The van der Waals surface area contributed by atoms with E-state index in [1.54, 1.807) is 14.0 Å². The molecule has 1 heterocycles. The molecule has 0 atom stereocenters. The maximum Gasteiger partial charge on any atom is 0.162 e. The Balaban J connectivity index is 2.20. The summed E-state index contributed by atoms with van der Waals surface area (Å²) in [6.07, 6.45) is 0. The number of ketones is 1. The van der Waals surface area contributed by atoms with Crippen LogP contribution in [-0.4, -0.2) is 17.9 Å². The van der Waals surface area contributed by atoms with Crippen molar-refractivity contribution in [2.75, 3.05) is 7.11 Å². The van der Waals surface area contributed by atoms with Gasteiger partial charge in [-0.15, -0.1) is 0 Å². The van der Waals surface area contributed by atoms with Gasteiger partial charge in [0.15, 0.2) is 5.78 Å².